The first-order valence-electron chi connectivity index (χ1n) is 9.46. The summed E-state index contributed by atoms with van der Waals surface area (Å²) in [5, 5.41) is 2.80. The summed E-state index contributed by atoms with van der Waals surface area (Å²) in [6.07, 6.45) is 2.92. The van der Waals surface area contributed by atoms with Gasteiger partial charge in [-0.1, -0.05) is 30.3 Å². The maximum absolute atomic E-state index is 12.5. The van der Waals surface area contributed by atoms with Crippen molar-refractivity contribution in [3.8, 4) is 0 Å². The third-order valence-electron chi connectivity index (χ3n) is 5.49. The van der Waals surface area contributed by atoms with Gasteiger partial charge in [-0.25, -0.2) is 0 Å². The molecular formula is C20H29N3O2. The van der Waals surface area contributed by atoms with Gasteiger partial charge in [-0.05, 0) is 38.7 Å². The van der Waals surface area contributed by atoms with Gasteiger partial charge in [0.1, 0.15) is 0 Å². The van der Waals surface area contributed by atoms with E-state index in [0.29, 0.717) is 12.6 Å². The van der Waals surface area contributed by atoms with Crippen LogP contribution in [0.1, 0.15) is 44.7 Å². The van der Waals surface area contributed by atoms with Crippen LogP contribution in [0.4, 0.5) is 0 Å². The van der Waals surface area contributed by atoms with E-state index in [-0.39, 0.29) is 30.3 Å². The number of hydrogen-bond donors (Lipinski definition) is 1. The number of rotatable bonds is 7. The van der Waals surface area contributed by atoms with E-state index in [4.69, 9.17) is 0 Å². The van der Waals surface area contributed by atoms with E-state index in [1.165, 1.54) is 5.56 Å². The highest BCUT2D eigenvalue weighted by Crippen LogP contribution is 2.29. The Morgan fingerprint density at radius 1 is 1.24 bits per heavy atom. The third kappa shape index (κ3) is 4.40. The lowest BCUT2D eigenvalue weighted by Gasteiger charge is -2.30. The lowest BCUT2D eigenvalue weighted by Crippen LogP contribution is -2.46. The lowest BCUT2D eigenvalue weighted by molar-refractivity contribution is -0.134. The Hall–Kier alpha value is -1.88. The summed E-state index contributed by atoms with van der Waals surface area (Å²) in [6, 6.07) is 11.1. The van der Waals surface area contributed by atoms with Gasteiger partial charge in [0, 0.05) is 37.6 Å². The lowest BCUT2D eigenvalue weighted by atomic mass is 10.1. The molecule has 1 aromatic rings. The number of carbonyl (C=O) groups is 2. The highest BCUT2D eigenvalue weighted by atomic mass is 16.2. The molecule has 1 aliphatic carbocycles. The molecule has 1 N–H and O–H groups in total. The van der Waals surface area contributed by atoms with E-state index in [1.54, 1.807) is 0 Å². The molecule has 1 aliphatic heterocycles. The van der Waals surface area contributed by atoms with Crippen LogP contribution in [0.5, 0.6) is 0 Å². The molecule has 1 heterocycles. The highest BCUT2D eigenvalue weighted by Gasteiger charge is 2.33. The zero-order valence-electron chi connectivity index (χ0n) is 15.3. The fourth-order valence-electron chi connectivity index (χ4n) is 3.71. The van der Waals surface area contributed by atoms with Crippen molar-refractivity contribution in [3.05, 3.63) is 35.9 Å². The fraction of sp³-hybridized carbons (Fsp3) is 0.600. The standard InChI is InChI=1S/C20H29N3O2/c1-3-23(19(24)13-21-20(25)17-9-10-17)18-11-12-22(14-18)15(2)16-7-5-4-6-8-16/h4-8,15,17-18H,3,9-14H2,1-2H3,(H,21,25)/t15-,18-/m1/s1. The molecule has 0 radical (unpaired) electrons. The van der Waals surface area contributed by atoms with Crippen LogP contribution in [0.2, 0.25) is 0 Å². The quantitative estimate of drug-likeness (QED) is 0.826. The molecule has 5 heteroatoms. The number of benzene rings is 1. The highest BCUT2D eigenvalue weighted by molar-refractivity contribution is 5.87. The minimum Gasteiger partial charge on any atom is -0.347 e. The van der Waals surface area contributed by atoms with Crippen molar-refractivity contribution in [1.29, 1.82) is 0 Å². The molecule has 0 spiro atoms. The molecule has 1 aromatic carbocycles. The molecule has 0 unspecified atom stereocenters. The molecular weight excluding hydrogens is 314 g/mol. The Balaban J connectivity index is 1.53. The van der Waals surface area contributed by atoms with Crippen LogP contribution in [0.25, 0.3) is 0 Å². The summed E-state index contributed by atoms with van der Waals surface area (Å²) < 4.78 is 0. The molecule has 1 saturated heterocycles. The van der Waals surface area contributed by atoms with Gasteiger partial charge in [0.2, 0.25) is 11.8 Å². The van der Waals surface area contributed by atoms with E-state index in [0.717, 1.165) is 32.4 Å². The van der Waals surface area contributed by atoms with Crippen molar-refractivity contribution in [2.45, 2.75) is 45.2 Å². The van der Waals surface area contributed by atoms with Gasteiger partial charge in [-0.2, -0.15) is 0 Å². The average molecular weight is 343 g/mol. The first kappa shape index (κ1) is 17.9. The van der Waals surface area contributed by atoms with Crippen LogP contribution in [0, 0.1) is 5.92 Å². The second kappa shape index (κ2) is 8.00. The smallest absolute Gasteiger partial charge is 0.242 e. The van der Waals surface area contributed by atoms with E-state index < -0.39 is 0 Å². The Morgan fingerprint density at radius 3 is 2.60 bits per heavy atom. The molecule has 25 heavy (non-hydrogen) atoms. The second-order valence-corrected chi connectivity index (χ2v) is 7.20. The number of likely N-dealkylation sites (tertiary alicyclic amines) is 1. The van der Waals surface area contributed by atoms with Crippen LogP contribution in [0.15, 0.2) is 30.3 Å². The first-order chi connectivity index (χ1) is 12.1. The summed E-state index contributed by atoms with van der Waals surface area (Å²) in [5.74, 6) is 0.224. The van der Waals surface area contributed by atoms with E-state index in [1.807, 2.05) is 17.9 Å². The zero-order chi connectivity index (χ0) is 17.8. The Bertz CT molecular complexity index is 600. The maximum Gasteiger partial charge on any atom is 0.242 e. The molecule has 3 rings (SSSR count). The van der Waals surface area contributed by atoms with Gasteiger partial charge >= 0.3 is 0 Å². The number of hydrogen-bond acceptors (Lipinski definition) is 3. The van der Waals surface area contributed by atoms with Gasteiger partial charge < -0.3 is 10.2 Å². The second-order valence-electron chi connectivity index (χ2n) is 7.20. The maximum atomic E-state index is 12.5. The number of nitrogens with zero attached hydrogens (tertiary/aromatic N) is 2. The summed E-state index contributed by atoms with van der Waals surface area (Å²) in [6.45, 7) is 6.96. The van der Waals surface area contributed by atoms with Crippen LogP contribution < -0.4 is 5.32 Å². The Labute approximate surface area is 150 Å². The third-order valence-corrected chi connectivity index (χ3v) is 5.49. The van der Waals surface area contributed by atoms with Crippen LogP contribution >= 0.6 is 0 Å². The van der Waals surface area contributed by atoms with E-state index in [9.17, 15) is 9.59 Å². The van der Waals surface area contributed by atoms with Crippen molar-refractivity contribution < 1.29 is 9.59 Å². The van der Waals surface area contributed by atoms with Gasteiger partial charge in [-0.15, -0.1) is 0 Å². The van der Waals surface area contributed by atoms with Crippen molar-refractivity contribution in [1.82, 2.24) is 15.1 Å². The van der Waals surface area contributed by atoms with Crippen molar-refractivity contribution in [2.24, 2.45) is 5.92 Å². The average Bonchev–Trinajstić information content (AvgIpc) is 3.39. The topological polar surface area (TPSA) is 52.7 Å². The number of carbonyl (C=O) groups excluding carboxylic acids is 2. The van der Waals surface area contributed by atoms with Crippen LogP contribution in [-0.2, 0) is 9.59 Å². The van der Waals surface area contributed by atoms with Crippen molar-refractivity contribution in [2.75, 3.05) is 26.2 Å². The number of likely N-dealkylation sites (N-methyl/N-ethyl adjacent to an activating group) is 1. The van der Waals surface area contributed by atoms with Crippen molar-refractivity contribution in [3.63, 3.8) is 0 Å². The van der Waals surface area contributed by atoms with E-state index >= 15 is 0 Å². The fourth-order valence-corrected chi connectivity index (χ4v) is 3.71. The molecule has 2 atom stereocenters. The van der Waals surface area contributed by atoms with Crippen LogP contribution in [0.3, 0.4) is 0 Å². The molecule has 1 saturated carbocycles. The normalized spacial score (nSPS) is 21.8. The van der Waals surface area contributed by atoms with E-state index in [2.05, 4.69) is 41.4 Å². The van der Waals surface area contributed by atoms with Crippen molar-refractivity contribution >= 4 is 11.8 Å². The predicted octanol–water partition coefficient (Wildman–Crippen LogP) is 2.20. The minimum absolute atomic E-state index is 0.0372. The molecule has 2 fully saturated rings. The SMILES string of the molecule is CCN(C(=O)CNC(=O)C1CC1)[C@@H]1CCN([C@H](C)c2ccccc2)C1. The van der Waals surface area contributed by atoms with Gasteiger partial charge in [-0.3, -0.25) is 14.5 Å². The molecule has 5 nitrogen and oxygen atoms in total. The monoisotopic (exact) mass is 343 g/mol. The van der Waals surface area contributed by atoms with Crippen LogP contribution in [-0.4, -0.2) is 53.8 Å². The summed E-state index contributed by atoms with van der Waals surface area (Å²) in [7, 11) is 0. The van der Waals surface area contributed by atoms with Gasteiger partial charge in [0.05, 0.1) is 6.54 Å². The molecule has 2 amide bonds. The van der Waals surface area contributed by atoms with Gasteiger partial charge in [0.15, 0.2) is 0 Å². The first-order valence-corrected chi connectivity index (χ1v) is 9.46. The Morgan fingerprint density at radius 2 is 1.96 bits per heavy atom. The summed E-state index contributed by atoms with van der Waals surface area (Å²) in [4.78, 5) is 28.7. The molecule has 2 aliphatic rings. The number of nitrogens with one attached hydrogen (secondary N) is 1. The summed E-state index contributed by atoms with van der Waals surface area (Å²) in [5.41, 5.74) is 1.31. The molecule has 0 aromatic heterocycles. The summed E-state index contributed by atoms with van der Waals surface area (Å²) >= 11 is 0. The van der Waals surface area contributed by atoms with Gasteiger partial charge in [0.25, 0.3) is 0 Å². The predicted molar refractivity (Wildman–Crippen MR) is 98.0 cm³/mol. The Kier molecular flexibility index (Phi) is 5.74. The zero-order valence-corrected chi connectivity index (χ0v) is 15.3. The largest absolute Gasteiger partial charge is 0.347 e. The molecule has 136 valence electrons. The molecule has 0 bridgehead atoms. The minimum atomic E-state index is 0.0372. The number of amides is 2.